The molecule has 0 aliphatic rings. The van der Waals surface area contributed by atoms with E-state index in [4.69, 9.17) is 10.9 Å². The van der Waals surface area contributed by atoms with Gasteiger partial charge in [-0.3, -0.25) is 4.79 Å². The molecule has 0 heterocycles. The molecule has 2 aromatic carbocycles. The SMILES string of the molecule is Cc1cc(F)cc(NC(=O)c2ccc(C(N)=NO)cc2)c1. The van der Waals surface area contributed by atoms with E-state index in [0.717, 1.165) is 0 Å². The van der Waals surface area contributed by atoms with E-state index >= 15 is 0 Å². The summed E-state index contributed by atoms with van der Waals surface area (Å²) in [4.78, 5) is 12.0. The normalized spacial score (nSPS) is 11.2. The van der Waals surface area contributed by atoms with Crippen molar-refractivity contribution in [1.82, 2.24) is 0 Å². The molecular formula is C15H14FN3O2. The summed E-state index contributed by atoms with van der Waals surface area (Å²) < 4.78 is 13.3. The van der Waals surface area contributed by atoms with Gasteiger partial charge in [0, 0.05) is 16.8 Å². The van der Waals surface area contributed by atoms with Gasteiger partial charge in [-0.2, -0.15) is 0 Å². The van der Waals surface area contributed by atoms with Crippen molar-refractivity contribution in [3.8, 4) is 0 Å². The van der Waals surface area contributed by atoms with E-state index in [9.17, 15) is 9.18 Å². The summed E-state index contributed by atoms with van der Waals surface area (Å²) in [5.41, 5.74) is 7.41. The topological polar surface area (TPSA) is 87.7 Å². The Kier molecular flexibility index (Phi) is 4.18. The third-order valence-corrected chi connectivity index (χ3v) is 2.85. The van der Waals surface area contributed by atoms with Crippen LogP contribution in [-0.2, 0) is 0 Å². The summed E-state index contributed by atoms with van der Waals surface area (Å²) in [6.45, 7) is 1.74. The van der Waals surface area contributed by atoms with Gasteiger partial charge in [-0.1, -0.05) is 17.3 Å². The van der Waals surface area contributed by atoms with E-state index in [2.05, 4.69) is 10.5 Å². The van der Waals surface area contributed by atoms with E-state index in [1.54, 1.807) is 25.1 Å². The summed E-state index contributed by atoms with van der Waals surface area (Å²) in [5, 5.41) is 14.0. The Hall–Kier alpha value is -2.89. The lowest BCUT2D eigenvalue weighted by Gasteiger charge is -2.07. The molecule has 2 aromatic rings. The highest BCUT2D eigenvalue weighted by Gasteiger charge is 2.08. The number of nitrogens with one attached hydrogen (secondary N) is 1. The van der Waals surface area contributed by atoms with Gasteiger partial charge in [0.05, 0.1) is 0 Å². The fourth-order valence-electron chi connectivity index (χ4n) is 1.86. The highest BCUT2D eigenvalue weighted by atomic mass is 19.1. The zero-order chi connectivity index (χ0) is 15.4. The number of oxime groups is 1. The Morgan fingerprint density at radius 2 is 1.81 bits per heavy atom. The first-order valence-electron chi connectivity index (χ1n) is 6.16. The van der Waals surface area contributed by atoms with Gasteiger partial charge in [0.25, 0.3) is 5.91 Å². The van der Waals surface area contributed by atoms with Gasteiger partial charge in [0.2, 0.25) is 0 Å². The molecule has 1 amide bonds. The maximum Gasteiger partial charge on any atom is 0.255 e. The highest BCUT2D eigenvalue weighted by molar-refractivity contribution is 6.05. The van der Waals surface area contributed by atoms with Crippen molar-refractivity contribution >= 4 is 17.4 Å². The Bertz CT molecular complexity index is 676. The molecule has 0 saturated heterocycles. The molecular weight excluding hydrogens is 273 g/mol. The predicted molar refractivity (Wildman–Crippen MR) is 78.0 cm³/mol. The van der Waals surface area contributed by atoms with Crippen molar-refractivity contribution in [2.24, 2.45) is 10.9 Å². The first-order chi connectivity index (χ1) is 9.99. The van der Waals surface area contributed by atoms with Crippen LogP contribution in [0.1, 0.15) is 21.5 Å². The van der Waals surface area contributed by atoms with E-state index in [1.165, 1.54) is 24.3 Å². The van der Waals surface area contributed by atoms with Gasteiger partial charge in [0.15, 0.2) is 5.84 Å². The van der Waals surface area contributed by atoms with E-state index in [1.807, 2.05) is 0 Å². The Labute approximate surface area is 120 Å². The molecule has 0 unspecified atom stereocenters. The smallest absolute Gasteiger partial charge is 0.255 e. The average Bonchev–Trinajstić information content (AvgIpc) is 2.45. The molecule has 21 heavy (non-hydrogen) atoms. The number of carbonyl (C=O) groups excluding carboxylic acids is 1. The van der Waals surface area contributed by atoms with Crippen LogP contribution >= 0.6 is 0 Å². The number of amidine groups is 1. The zero-order valence-electron chi connectivity index (χ0n) is 11.3. The number of carbonyl (C=O) groups is 1. The largest absolute Gasteiger partial charge is 0.409 e. The van der Waals surface area contributed by atoms with Crippen molar-refractivity contribution in [2.45, 2.75) is 6.92 Å². The second-order valence-corrected chi connectivity index (χ2v) is 4.53. The molecule has 5 nitrogen and oxygen atoms in total. The monoisotopic (exact) mass is 287 g/mol. The molecule has 0 aliphatic carbocycles. The molecule has 0 spiro atoms. The standard InChI is InChI=1S/C15H14FN3O2/c1-9-6-12(16)8-13(7-9)18-15(20)11-4-2-10(3-5-11)14(17)19-21/h2-8,21H,1H3,(H2,17,19)(H,18,20). The van der Waals surface area contributed by atoms with Gasteiger partial charge in [0.1, 0.15) is 5.82 Å². The molecule has 0 fully saturated rings. The molecule has 108 valence electrons. The minimum atomic E-state index is -0.410. The lowest BCUT2D eigenvalue weighted by atomic mass is 10.1. The van der Waals surface area contributed by atoms with Crippen LogP contribution in [0.4, 0.5) is 10.1 Å². The summed E-state index contributed by atoms with van der Waals surface area (Å²) in [6, 6.07) is 10.5. The van der Waals surface area contributed by atoms with Crippen LogP contribution in [0.2, 0.25) is 0 Å². The first-order valence-corrected chi connectivity index (χ1v) is 6.16. The fraction of sp³-hybridized carbons (Fsp3) is 0.0667. The number of nitrogens with zero attached hydrogens (tertiary/aromatic N) is 1. The van der Waals surface area contributed by atoms with Gasteiger partial charge >= 0.3 is 0 Å². The van der Waals surface area contributed by atoms with Crippen molar-refractivity contribution < 1.29 is 14.4 Å². The lowest BCUT2D eigenvalue weighted by molar-refractivity contribution is 0.102. The number of rotatable bonds is 3. The zero-order valence-corrected chi connectivity index (χ0v) is 11.3. The van der Waals surface area contributed by atoms with Crippen LogP contribution in [0, 0.1) is 12.7 Å². The molecule has 6 heteroatoms. The van der Waals surface area contributed by atoms with Crippen LogP contribution < -0.4 is 11.1 Å². The maximum atomic E-state index is 13.3. The Morgan fingerprint density at radius 3 is 2.38 bits per heavy atom. The van der Waals surface area contributed by atoms with E-state index in [-0.39, 0.29) is 11.7 Å². The number of anilines is 1. The van der Waals surface area contributed by atoms with Gasteiger partial charge in [-0.15, -0.1) is 0 Å². The third-order valence-electron chi connectivity index (χ3n) is 2.85. The number of halogens is 1. The Morgan fingerprint density at radius 1 is 1.19 bits per heavy atom. The lowest BCUT2D eigenvalue weighted by Crippen LogP contribution is -2.15. The maximum absolute atomic E-state index is 13.3. The number of hydrogen-bond acceptors (Lipinski definition) is 3. The van der Waals surface area contributed by atoms with Crippen molar-refractivity contribution in [1.29, 1.82) is 0 Å². The predicted octanol–water partition coefficient (Wildman–Crippen LogP) is 2.48. The summed E-state index contributed by atoms with van der Waals surface area (Å²) >= 11 is 0. The molecule has 0 radical (unpaired) electrons. The van der Waals surface area contributed by atoms with Crippen molar-refractivity contribution in [3.05, 3.63) is 65.0 Å². The first kappa shape index (κ1) is 14.5. The summed E-state index contributed by atoms with van der Waals surface area (Å²) in [5.74, 6) is -0.818. The van der Waals surface area contributed by atoms with E-state index < -0.39 is 5.82 Å². The number of nitrogens with two attached hydrogens (primary N) is 1. The van der Waals surface area contributed by atoms with Gasteiger partial charge in [-0.05, 0) is 42.8 Å². The minimum Gasteiger partial charge on any atom is -0.409 e. The fourth-order valence-corrected chi connectivity index (χ4v) is 1.86. The number of amides is 1. The molecule has 2 rings (SSSR count). The quantitative estimate of drug-likeness (QED) is 0.351. The van der Waals surface area contributed by atoms with Crippen molar-refractivity contribution in [3.63, 3.8) is 0 Å². The number of benzene rings is 2. The number of aryl methyl sites for hydroxylation is 1. The van der Waals surface area contributed by atoms with Crippen LogP contribution in [0.15, 0.2) is 47.6 Å². The van der Waals surface area contributed by atoms with Crippen LogP contribution in [0.25, 0.3) is 0 Å². The van der Waals surface area contributed by atoms with Crippen molar-refractivity contribution in [2.75, 3.05) is 5.32 Å². The van der Waals surface area contributed by atoms with Crippen LogP contribution in [0.3, 0.4) is 0 Å². The Balaban J connectivity index is 2.16. The minimum absolute atomic E-state index is 0.0392. The van der Waals surface area contributed by atoms with Gasteiger partial charge < -0.3 is 16.3 Å². The van der Waals surface area contributed by atoms with Crippen LogP contribution in [-0.4, -0.2) is 17.0 Å². The van der Waals surface area contributed by atoms with E-state index in [0.29, 0.717) is 22.4 Å². The molecule has 0 saturated carbocycles. The second-order valence-electron chi connectivity index (χ2n) is 4.53. The second kappa shape index (κ2) is 6.04. The summed E-state index contributed by atoms with van der Waals surface area (Å²) in [6.07, 6.45) is 0. The molecule has 0 aromatic heterocycles. The average molecular weight is 287 g/mol. The number of hydrogen-bond donors (Lipinski definition) is 3. The molecule has 0 bridgehead atoms. The third kappa shape index (κ3) is 3.56. The molecule has 4 N–H and O–H groups in total. The van der Waals surface area contributed by atoms with Crippen LogP contribution in [0.5, 0.6) is 0 Å². The molecule has 0 aliphatic heterocycles. The molecule has 0 atom stereocenters. The van der Waals surface area contributed by atoms with Gasteiger partial charge in [-0.25, -0.2) is 4.39 Å². The highest BCUT2D eigenvalue weighted by Crippen LogP contribution is 2.15. The summed E-state index contributed by atoms with van der Waals surface area (Å²) in [7, 11) is 0.